The zero-order valence-corrected chi connectivity index (χ0v) is 32.1. The lowest BCUT2D eigenvalue weighted by molar-refractivity contribution is -0.154. The first-order valence-electron chi connectivity index (χ1n) is 18.2. The molecule has 12 nitrogen and oxygen atoms in total. The van der Waals surface area contributed by atoms with Crippen LogP contribution in [0.25, 0.3) is 0 Å². The Kier molecular flexibility index (Phi) is 25.6. The van der Waals surface area contributed by atoms with Crippen molar-refractivity contribution >= 4 is 23.9 Å². The van der Waals surface area contributed by atoms with Crippen molar-refractivity contribution in [3.63, 3.8) is 0 Å². The molecule has 0 bridgehead atoms. The van der Waals surface area contributed by atoms with Crippen LogP contribution in [0.2, 0.25) is 0 Å². The smallest absolute Gasteiger partial charge is 0.338 e. The maximum absolute atomic E-state index is 11.2. The third kappa shape index (κ3) is 26.0. The number of hydrogen-bond acceptors (Lipinski definition) is 10. The number of aryl methyl sites for hydroxylation is 2. The summed E-state index contributed by atoms with van der Waals surface area (Å²) in [6.45, 7) is 21.9. The van der Waals surface area contributed by atoms with Gasteiger partial charge in [-0.05, 0) is 38.5 Å². The second-order valence-corrected chi connectivity index (χ2v) is 14.0. The van der Waals surface area contributed by atoms with Gasteiger partial charge in [0.25, 0.3) is 0 Å². The van der Waals surface area contributed by atoms with E-state index in [9.17, 15) is 19.2 Å². The lowest BCUT2D eigenvalue weighted by Gasteiger charge is -2.21. The fourth-order valence-corrected chi connectivity index (χ4v) is 4.67. The molecule has 4 heterocycles. The lowest BCUT2D eigenvalue weighted by atomic mass is 9.80. The summed E-state index contributed by atoms with van der Waals surface area (Å²) >= 11 is 0. The van der Waals surface area contributed by atoms with Crippen LogP contribution in [-0.4, -0.2) is 53.9 Å². The Morgan fingerprint density at radius 1 is 0.700 bits per heavy atom. The van der Waals surface area contributed by atoms with Crippen LogP contribution in [-0.2, 0) is 41.7 Å². The number of carbonyl (C=O) groups excluding carboxylic acids is 4. The highest BCUT2D eigenvalue weighted by atomic mass is 16.6. The van der Waals surface area contributed by atoms with Crippen molar-refractivity contribution in [3.8, 4) is 0 Å². The first-order valence-corrected chi connectivity index (χ1v) is 18.2. The van der Waals surface area contributed by atoms with E-state index >= 15 is 0 Å². The average Bonchev–Trinajstić information content (AvgIpc) is 3.86. The van der Waals surface area contributed by atoms with Gasteiger partial charge in [-0.25, -0.2) is 9.59 Å². The summed E-state index contributed by atoms with van der Waals surface area (Å²) in [6, 6.07) is 0. The van der Waals surface area contributed by atoms with Crippen LogP contribution in [0.3, 0.4) is 0 Å². The van der Waals surface area contributed by atoms with E-state index in [-0.39, 0.29) is 29.2 Å². The van der Waals surface area contributed by atoms with Gasteiger partial charge in [0.15, 0.2) is 0 Å². The molecule has 4 rings (SSSR count). The molecule has 0 amide bonds. The van der Waals surface area contributed by atoms with E-state index in [1.165, 1.54) is 82.6 Å². The monoisotopic (exact) mass is 700 g/mol. The van der Waals surface area contributed by atoms with E-state index in [1.54, 1.807) is 19.3 Å². The van der Waals surface area contributed by atoms with Crippen LogP contribution in [0.1, 0.15) is 139 Å². The van der Waals surface area contributed by atoms with Gasteiger partial charge in [-0.3, -0.25) is 19.0 Å². The topological polar surface area (TPSA) is 148 Å². The number of rotatable bonds is 15. The molecule has 2 aromatic heterocycles. The van der Waals surface area contributed by atoms with Gasteiger partial charge >= 0.3 is 23.9 Å². The van der Waals surface area contributed by atoms with Gasteiger partial charge < -0.3 is 9.47 Å². The number of cyclic esters (lactones) is 4. The Hall–Kier alpha value is -3.96. The highest BCUT2D eigenvalue weighted by Crippen LogP contribution is 2.34. The molecule has 282 valence electrons. The molecule has 0 radical (unpaired) electrons. The van der Waals surface area contributed by atoms with Crippen LogP contribution in [0, 0.1) is 17.3 Å². The highest BCUT2D eigenvalue weighted by Gasteiger charge is 2.42. The van der Waals surface area contributed by atoms with E-state index in [0.717, 1.165) is 25.2 Å². The standard InChI is InChI=1S/2C10H19N3.C10H16O3.C4H2O3.C4H8/c2*1-2-3-4-5-6-7-9-13-10-8-11-12-13;1-6-7(5-10(2,3)4)9(12)13-8(6)11;5-3-1-2-4(6)7-3;1-4(2)3/h2*8,10H,2-7,9H2,1H3;6-7H,5H2,1-4H3;1-2H;1H2,2-3H3. The number of ether oxygens (including phenoxy) is 2. The average molecular weight is 701 g/mol. The van der Waals surface area contributed by atoms with Crippen LogP contribution >= 0.6 is 0 Å². The number of allylic oxidation sites excluding steroid dienone is 1. The summed E-state index contributed by atoms with van der Waals surface area (Å²) in [5.74, 6) is -2.40. The van der Waals surface area contributed by atoms with Crippen molar-refractivity contribution in [3.05, 3.63) is 49.1 Å². The molecule has 0 aromatic carbocycles. The number of nitrogens with zero attached hydrogens (tertiary/aromatic N) is 6. The van der Waals surface area contributed by atoms with Crippen LogP contribution in [0.4, 0.5) is 0 Å². The van der Waals surface area contributed by atoms with Gasteiger partial charge in [0.2, 0.25) is 0 Å². The minimum absolute atomic E-state index is 0.0581. The molecule has 2 aromatic rings. The predicted molar refractivity (Wildman–Crippen MR) is 195 cm³/mol. The van der Waals surface area contributed by atoms with Crippen LogP contribution < -0.4 is 0 Å². The molecule has 0 aliphatic carbocycles. The SMILES string of the molecule is C=C(C)C.CC1C(=O)OC(=O)C1CC(C)(C)C.CCCCCCCCn1ccnn1.CCCCCCCCn1ccnn1.O=C1C=CC(=O)O1. The third-order valence-electron chi connectivity index (χ3n) is 7.29. The van der Waals surface area contributed by atoms with Crippen molar-refractivity contribution in [2.24, 2.45) is 17.3 Å². The molecule has 0 saturated carbocycles. The number of esters is 4. The molecule has 2 aliphatic heterocycles. The largest absolute Gasteiger partial charge is 0.393 e. The Morgan fingerprint density at radius 3 is 1.38 bits per heavy atom. The Bertz CT molecular complexity index is 1170. The highest BCUT2D eigenvalue weighted by molar-refractivity contribution is 6.04. The number of carbonyl (C=O) groups is 4. The fraction of sp³-hybridized carbons (Fsp3) is 0.684. The lowest BCUT2D eigenvalue weighted by Crippen LogP contribution is -2.21. The maximum Gasteiger partial charge on any atom is 0.338 e. The molecule has 0 N–H and O–H groups in total. The molecule has 1 fully saturated rings. The zero-order valence-electron chi connectivity index (χ0n) is 32.1. The number of unbranched alkanes of at least 4 members (excludes halogenated alkanes) is 10. The van der Waals surface area contributed by atoms with E-state index < -0.39 is 11.9 Å². The molecule has 2 atom stereocenters. The third-order valence-corrected chi connectivity index (χ3v) is 7.29. The van der Waals surface area contributed by atoms with Crippen LogP contribution in [0.5, 0.6) is 0 Å². The summed E-state index contributed by atoms with van der Waals surface area (Å²) in [7, 11) is 0. The molecule has 12 heteroatoms. The maximum atomic E-state index is 11.2. The minimum Gasteiger partial charge on any atom is -0.393 e. The summed E-state index contributed by atoms with van der Waals surface area (Å²) in [6.07, 6.45) is 26.2. The van der Waals surface area contributed by atoms with E-state index in [0.29, 0.717) is 6.42 Å². The van der Waals surface area contributed by atoms with Crippen molar-refractivity contribution in [1.82, 2.24) is 30.0 Å². The van der Waals surface area contributed by atoms with Gasteiger partial charge in [0.05, 0.1) is 24.2 Å². The summed E-state index contributed by atoms with van der Waals surface area (Å²) in [5.41, 5.74) is 1.22. The van der Waals surface area contributed by atoms with Gasteiger partial charge in [0.1, 0.15) is 0 Å². The van der Waals surface area contributed by atoms with Crippen molar-refractivity contribution < 1.29 is 28.7 Å². The molecular weight excluding hydrogens is 636 g/mol. The molecule has 1 saturated heterocycles. The van der Waals surface area contributed by atoms with E-state index in [1.807, 2.05) is 35.6 Å². The van der Waals surface area contributed by atoms with E-state index in [4.69, 9.17) is 0 Å². The molecular formula is C38H64N6O6. The summed E-state index contributed by atoms with van der Waals surface area (Å²) in [5, 5.41) is 15.4. The number of hydrogen-bond donors (Lipinski definition) is 0. The summed E-state index contributed by atoms with van der Waals surface area (Å²) in [4.78, 5) is 42.1. The first kappa shape index (κ1) is 46.0. The van der Waals surface area contributed by atoms with Gasteiger partial charge in [-0.1, -0.05) is 122 Å². The van der Waals surface area contributed by atoms with Gasteiger partial charge in [-0.15, -0.1) is 16.8 Å². The Morgan fingerprint density at radius 2 is 1.10 bits per heavy atom. The molecule has 0 spiro atoms. The van der Waals surface area contributed by atoms with Crippen LogP contribution in [0.15, 0.2) is 49.1 Å². The second-order valence-electron chi connectivity index (χ2n) is 14.0. The normalized spacial score (nSPS) is 16.1. The second kappa shape index (κ2) is 27.8. The fourth-order valence-electron chi connectivity index (χ4n) is 4.67. The van der Waals surface area contributed by atoms with Gasteiger partial charge in [0, 0.05) is 37.6 Å². The quantitative estimate of drug-likeness (QED) is 0.0770. The molecule has 2 aliphatic rings. The summed E-state index contributed by atoms with van der Waals surface area (Å²) < 4.78 is 12.3. The van der Waals surface area contributed by atoms with Gasteiger partial charge in [-0.2, -0.15) is 0 Å². The van der Waals surface area contributed by atoms with Crippen molar-refractivity contribution in [2.45, 2.75) is 152 Å². The van der Waals surface area contributed by atoms with E-state index in [2.05, 4.69) is 71.3 Å². The Labute approximate surface area is 300 Å². The zero-order chi connectivity index (χ0) is 37.8. The Balaban J connectivity index is 0.000000628. The minimum atomic E-state index is -0.579. The van der Waals surface area contributed by atoms with Crippen molar-refractivity contribution in [2.75, 3.05) is 0 Å². The molecule has 2 unspecified atom stereocenters. The van der Waals surface area contributed by atoms with Crippen molar-refractivity contribution in [1.29, 1.82) is 0 Å². The number of aromatic nitrogens is 6. The predicted octanol–water partition coefficient (Wildman–Crippen LogP) is 8.24. The first-order chi connectivity index (χ1) is 23.7. The molecule has 50 heavy (non-hydrogen) atoms.